The number of halogens is 1. The lowest BCUT2D eigenvalue weighted by atomic mass is 9.95. The number of carbonyl (C=O) groups excluding carboxylic acids is 1. The Kier molecular flexibility index (Phi) is 7.95. The Labute approximate surface area is 209 Å². The van der Waals surface area contributed by atoms with Gasteiger partial charge in [0.1, 0.15) is 5.67 Å². The van der Waals surface area contributed by atoms with Crippen LogP contribution >= 0.6 is 0 Å². The van der Waals surface area contributed by atoms with Crippen LogP contribution in [0.25, 0.3) is 10.9 Å². The highest BCUT2D eigenvalue weighted by Crippen LogP contribution is 2.32. The minimum absolute atomic E-state index is 0.305. The average Bonchev–Trinajstić information content (AvgIpc) is 3.12. The molecule has 0 aliphatic carbocycles. The summed E-state index contributed by atoms with van der Waals surface area (Å²) in [6, 6.07) is 16.5. The van der Waals surface area contributed by atoms with E-state index in [2.05, 4.69) is 40.7 Å². The number of hydrogen-bond donors (Lipinski definition) is 0. The molecule has 1 saturated heterocycles. The Balaban J connectivity index is 1.59. The number of fused-ring (bicyclic) bond motifs is 1. The largest absolute Gasteiger partial charge is 0.465 e. The fourth-order valence-corrected chi connectivity index (χ4v) is 5.55. The van der Waals surface area contributed by atoms with Crippen molar-refractivity contribution in [2.24, 2.45) is 5.92 Å². The van der Waals surface area contributed by atoms with Gasteiger partial charge in [-0.05, 0) is 87.9 Å². The van der Waals surface area contributed by atoms with Crippen molar-refractivity contribution >= 4 is 16.9 Å². The van der Waals surface area contributed by atoms with E-state index in [9.17, 15) is 9.18 Å². The molecule has 1 aromatic heterocycles. The van der Waals surface area contributed by atoms with Crippen LogP contribution in [0.5, 0.6) is 0 Å². The van der Waals surface area contributed by atoms with Gasteiger partial charge in [-0.15, -0.1) is 0 Å². The predicted molar refractivity (Wildman–Crippen MR) is 141 cm³/mol. The van der Waals surface area contributed by atoms with E-state index in [1.165, 1.54) is 34.8 Å². The summed E-state index contributed by atoms with van der Waals surface area (Å²) in [7, 11) is 1.41. The maximum Gasteiger partial charge on any atom is 0.337 e. The highest BCUT2D eigenvalue weighted by Gasteiger charge is 2.26. The number of likely N-dealkylation sites (tertiary alicyclic amines) is 1. The van der Waals surface area contributed by atoms with Crippen LogP contribution < -0.4 is 0 Å². The number of benzene rings is 2. The molecule has 2 heterocycles. The van der Waals surface area contributed by atoms with Crippen LogP contribution in [0.2, 0.25) is 0 Å². The summed E-state index contributed by atoms with van der Waals surface area (Å²) in [6.07, 6.45) is 5.19. The molecule has 1 aliphatic heterocycles. The lowest BCUT2D eigenvalue weighted by molar-refractivity contribution is 0.0600. The molecule has 0 amide bonds. The Hall–Kier alpha value is -2.66. The molecule has 0 unspecified atom stereocenters. The zero-order chi connectivity index (χ0) is 25.0. The van der Waals surface area contributed by atoms with E-state index in [0.29, 0.717) is 18.0 Å². The Bertz CT molecular complexity index is 1140. The number of carbonyl (C=O) groups is 1. The minimum Gasteiger partial charge on any atom is -0.465 e. The summed E-state index contributed by atoms with van der Waals surface area (Å²) in [6.45, 7) is 9.07. The minimum atomic E-state index is -1.14. The highest BCUT2D eigenvalue weighted by molar-refractivity contribution is 5.89. The van der Waals surface area contributed by atoms with Crippen LogP contribution in [0.15, 0.2) is 48.5 Å². The second kappa shape index (κ2) is 10.9. The van der Waals surface area contributed by atoms with Gasteiger partial charge in [0.15, 0.2) is 0 Å². The third-order valence-corrected chi connectivity index (χ3v) is 7.18. The molecule has 0 saturated carbocycles. The second-order valence-electron chi connectivity index (χ2n) is 10.6. The molecule has 2 aromatic carbocycles. The first-order valence-electron chi connectivity index (χ1n) is 13.0. The summed E-state index contributed by atoms with van der Waals surface area (Å²) in [5.41, 5.74) is 4.77. The monoisotopic (exact) mass is 478 g/mol. The third-order valence-electron chi connectivity index (χ3n) is 7.18. The number of rotatable bonds is 9. The standard InChI is InChI=1S/C30H39FN2O2/c1-5-8-27-26(19-22-11-13-24(14-12-22)29(34)35-4)25-9-6-7-10-28(25)33(27)20-23-15-17-32(18-16-23)21-30(2,3)31/h6-7,9-14,23H,5,8,15-21H2,1-4H3. The fourth-order valence-electron chi connectivity index (χ4n) is 5.55. The molecule has 0 radical (unpaired) electrons. The van der Waals surface area contributed by atoms with Gasteiger partial charge in [0.2, 0.25) is 0 Å². The first kappa shape index (κ1) is 25.4. The van der Waals surface area contributed by atoms with E-state index in [4.69, 9.17) is 4.74 Å². The Morgan fingerprint density at radius 3 is 2.40 bits per heavy atom. The molecule has 35 heavy (non-hydrogen) atoms. The van der Waals surface area contributed by atoms with Crippen LogP contribution in [0.4, 0.5) is 4.39 Å². The van der Waals surface area contributed by atoms with Crippen LogP contribution in [-0.2, 0) is 24.1 Å². The van der Waals surface area contributed by atoms with E-state index < -0.39 is 5.67 Å². The number of hydrogen-bond acceptors (Lipinski definition) is 3. The van der Waals surface area contributed by atoms with Gasteiger partial charge in [0.05, 0.1) is 12.7 Å². The summed E-state index contributed by atoms with van der Waals surface area (Å²) < 4.78 is 21.5. The number of ether oxygens (including phenoxy) is 1. The predicted octanol–water partition coefficient (Wildman–Crippen LogP) is 6.43. The summed E-state index contributed by atoms with van der Waals surface area (Å²) >= 11 is 0. The van der Waals surface area contributed by atoms with Crippen molar-refractivity contribution in [3.63, 3.8) is 0 Å². The van der Waals surface area contributed by atoms with Crippen molar-refractivity contribution in [2.75, 3.05) is 26.7 Å². The average molecular weight is 479 g/mol. The first-order valence-corrected chi connectivity index (χ1v) is 13.0. The number of esters is 1. The normalized spacial score (nSPS) is 15.6. The lowest BCUT2D eigenvalue weighted by Crippen LogP contribution is -2.41. The molecule has 4 nitrogen and oxygen atoms in total. The van der Waals surface area contributed by atoms with Gasteiger partial charge >= 0.3 is 5.97 Å². The first-order chi connectivity index (χ1) is 16.8. The molecule has 5 heteroatoms. The molecule has 0 bridgehead atoms. The molecule has 3 aromatic rings. The number of para-hydroxylation sites is 1. The molecule has 4 rings (SSSR count). The molecule has 1 fully saturated rings. The Morgan fingerprint density at radius 2 is 1.77 bits per heavy atom. The summed E-state index contributed by atoms with van der Waals surface area (Å²) in [4.78, 5) is 14.1. The van der Waals surface area contributed by atoms with Crippen LogP contribution in [0.3, 0.4) is 0 Å². The van der Waals surface area contributed by atoms with Crippen molar-refractivity contribution in [3.05, 3.63) is 70.9 Å². The van der Waals surface area contributed by atoms with Crippen molar-refractivity contribution in [1.29, 1.82) is 0 Å². The summed E-state index contributed by atoms with van der Waals surface area (Å²) in [5, 5.41) is 1.32. The van der Waals surface area contributed by atoms with Gasteiger partial charge in [0, 0.05) is 29.7 Å². The zero-order valence-electron chi connectivity index (χ0n) is 21.6. The van der Waals surface area contributed by atoms with E-state index in [1.54, 1.807) is 13.8 Å². The van der Waals surface area contributed by atoms with E-state index in [-0.39, 0.29) is 5.97 Å². The summed E-state index contributed by atoms with van der Waals surface area (Å²) in [5.74, 6) is 0.300. The quantitative estimate of drug-likeness (QED) is 0.332. The number of alkyl halides is 1. The third kappa shape index (κ3) is 6.13. The lowest BCUT2D eigenvalue weighted by Gasteiger charge is -2.35. The van der Waals surface area contributed by atoms with Gasteiger partial charge < -0.3 is 14.2 Å². The van der Waals surface area contributed by atoms with E-state index >= 15 is 0 Å². The van der Waals surface area contributed by atoms with Crippen molar-refractivity contribution in [1.82, 2.24) is 9.47 Å². The SMILES string of the molecule is CCCc1c(Cc2ccc(C(=O)OC)cc2)c2ccccc2n1CC1CCN(CC(C)(C)F)CC1. The number of methoxy groups -OCH3 is 1. The van der Waals surface area contributed by atoms with Gasteiger partial charge in [0.25, 0.3) is 0 Å². The van der Waals surface area contributed by atoms with Crippen molar-refractivity contribution in [3.8, 4) is 0 Å². The van der Waals surface area contributed by atoms with Gasteiger partial charge in [-0.3, -0.25) is 0 Å². The number of aromatic nitrogens is 1. The van der Waals surface area contributed by atoms with E-state index in [0.717, 1.165) is 51.7 Å². The topological polar surface area (TPSA) is 34.5 Å². The molecule has 1 aliphatic rings. The van der Waals surface area contributed by atoms with Crippen molar-refractivity contribution < 1.29 is 13.9 Å². The fraction of sp³-hybridized carbons (Fsp3) is 0.500. The molecule has 188 valence electrons. The molecular formula is C30H39FN2O2. The van der Waals surface area contributed by atoms with Gasteiger partial charge in [-0.25, -0.2) is 9.18 Å². The van der Waals surface area contributed by atoms with E-state index in [1.807, 2.05) is 24.3 Å². The molecule has 0 atom stereocenters. The number of nitrogens with zero attached hydrogens (tertiary/aromatic N) is 2. The number of piperidine rings is 1. The maximum atomic E-state index is 14.1. The zero-order valence-corrected chi connectivity index (χ0v) is 21.6. The molecular weight excluding hydrogens is 439 g/mol. The molecule has 0 N–H and O–H groups in total. The Morgan fingerprint density at radius 1 is 1.09 bits per heavy atom. The van der Waals surface area contributed by atoms with Gasteiger partial charge in [-0.2, -0.15) is 0 Å². The highest BCUT2D eigenvalue weighted by atomic mass is 19.1. The maximum absolute atomic E-state index is 14.1. The molecule has 0 spiro atoms. The van der Waals surface area contributed by atoms with Crippen LogP contribution in [0, 0.1) is 5.92 Å². The van der Waals surface area contributed by atoms with Crippen molar-refractivity contribution in [2.45, 2.75) is 65.1 Å². The van der Waals surface area contributed by atoms with Crippen LogP contribution in [0.1, 0.15) is 67.2 Å². The smallest absolute Gasteiger partial charge is 0.337 e. The van der Waals surface area contributed by atoms with Crippen LogP contribution in [-0.4, -0.2) is 47.8 Å². The second-order valence-corrected chi connectivity index (χ2v) is 10.6. The van der Waals surface area contributed by atoms with Gasteiger partial charge in [-0.1, -0.05) is 43.7 Å².